The fraction of sp³-hybridized carbons (Fsp3) is 0.222. The van der Waals surface area contributed by atoms with Crippen molar-refractivity contribution in [2.45, 2.75) is 12.8 Å². The second kappa shape index (κ2) is 4.79. The maximum atomic E-state index is 10.2. The van der Waals surface area contributed by atoms with Crippen LogP contribution >= 0.6 is 31.9 Å². The van der Waals surface area contributed by atoms with Gasteiger partial charge in [0.1, 0.15) is 5.75 Å². The van der Waals surface area contributed by atoms with Crippen LogP contribution in [0, 0.1) is 0 Å². The third-order valence-corrected chi connectivity index (χ3v) is 2.90. The Morgan fingerprint density at radius 2 is 1.86 bits per heavy atom. The minimum atomic E-state index is -1.08. The fourth-order valence-electron chi connectivity index (χ4n) is 1.01. The van der Waals surface area contributed by atoms with Crippen molar-refractivity contribution in [2.24, 2.45) is 0 Å². The molecular weight excluding hydrogens is 316 g/mol. The van der Waals surface area contributed by atoms with E-state index in [0.717, 1.165) is 5.56 Å². The molecule has 1 aromatic rings. The summed E-state index contributed by atoms with van der Waals surface area (Å²) >= 11 is 6.32. The van der Waals surface area contributed by atoms with Crippen molar-refractivity contribution in [1.29, 1.82) is 0 Å². The number of carboxylic acids is 1. The third-order valence-electron chi connectivity index (χ3n) is 1.69. The molecule has 0 saturated carbocycles. The summed E-state index contributed by atoms with van der Waals surface area (Å²) in [5, 5.41) is 19.6. The number of aromatic hydroxyl groups is 1. The molecule has 0 amide bonds. The van der Waals surface area contributed by atoms with E-state index < -0.39 is 5.97 Å². The predicted molar refractivity (Wildman–Crippen MR) is 56.8 cm³/mol. The predicted octanol–water partition coefficient (Wildman–Crippen LogP) is 1.60. The standard InChI is InChI=1S/C9H8Br2O3/c10-6-3-5(1-2-8(12)13)4-7(11)9(6)14/h3-4,14H,1-2H2,(H,12,13)/p-1. The lowest BCUT2D eigenvalue weighted by atomic mass is 10.1. The second-order valence-electron chi connectivity index (χ2n) is 2.78. The molecule has 0 aliphatic heterocycles. The number of benzene rings is 1. The van der Waals surface area contributed by atoms with Crippen molar-refractivity contribution in [2.75, 3.05) is 0 Å². The highest BCUT2D eigenvalue weighted by atomic mass is 79.9. The monoisotopic (exact) mass is 321 g/mol. The molecule has 14 heavy (non-hydrogen) atoms. The zero-order valence-electron chi connectivity index (χ0n) is 7.09. The topological polar surface area (TPSA) is 60.4 Å². The summed E-state index contributed by atoms with van der Waals surface area (Å²) < 4.78 is 1.08. The molecule has 0 aliphatic carbocycles. The van der Waals surface area contributed by atoms with E-state index in [1.165, 1.54) is 0 Å². The molecule has 1 N–H and O–H groups in total. The van der Waals surface area contributed by atoms with Gasteiger partial charge in [0.05, 0.1) is 8.95 Å². The van der Waals surface area contributed by atoms with Crippen LogP contribution in [0.1, 0.15) is 12.0 Å². The fourth-order valence-corrected chi connectivity index (χ4v) is 2.29. The summed E-state index contributed by atoms with van der Waals surface area (Å²) in [4.78, 5) is 10.2. The van der Waals surface area contributed by atoms with Gasteiger partial charge in [-0.15, -0.1) is 0 Å². The number of hydrogen-bond donors (Lipinski definition) is 1. The van der Waals surface area contributed by atoms with Gasteiger partial charge in [0.2, 0.25) is 0 Å². The van der Waals surface area contributed by atoms with Crippen LogP contribution in [0.4, 0.5) is 0 Å². The number of carboxylic acid groups (broad SMARTS) is 1. The maximum Gasteiger partial charge on any atom is 0.143 e. The van der Waals surface area contributed by atoms with Gasteiger partial charge in [0, 0.05) is 5.97 Å². The second-order valence-corrected chi connectivity index (χ2v) is 4.49. The molecule has 0 atom stereocenters. The Bertz CT molecular complexity index is 340. The van der Waals surface area contributed by atoms with Crippen LogP contribution in [0.2, 0.25) is 0 Å². The molecule has 5 heteroatoms. The smallest absolute Gasteiger partial charge is 0.143 e. The minimum Gasteiger partial charge on any atom is -0.550 e. The molecule has 1 rings (SSSR count). The highest BCUT2D eigenvalue weighted by Crippen LogP contribution is 2.33. The molecule has 0 saturated heterocycles. The number of carbonyl (C=O) groups is 1. The Balaban J connectivity index is 2.84. The first-order chi connectivity index (χ1) is 6.50. The summed E-state index contributed by atoms with van der Waals surface area (Å²) in [7, 11) is 0. The largest absolute Gasteiger partial charge is 0.550 e. The van der Waals surface area contributed by atoms with E-state index in [4.69, 9.17) is 0 Å². The summed E-state index contributed by atoms with van der Waals surface area (Å²) in [6.45, 7) is 0. The number of hydrogen-bond acceptors (Lipinski definition) is 3. The van der Waals surface area contributed by atoms with Gasteiger partial charge in [-0.3, -0.25) is 0 Å². The third kappa shape index (κ3) is 2.99. The SMILES string of the molecule is O=C([O-])CCc1cc(Br)c(O)c(Br)c1. The van der Waals surface area contributed by atoms with Crippen molar-refractivity contribution < 1.29 is 15.0 Å². The lowest BCUT2D eigenvalue weighted by Crippen LogP contribution is -2.22. The van der Waals surface area contributed by atoms with Crippen molar-refractivity contribution >= 4 is 37.8 Å². The van der Waals surface area contributed by atoms with Crippen LogP contribution in [0.25, 0.3) is 0 Å². The molecule has 1 aromatic carbocycles. The van der Waals surface area contributed by atoms with Crippen LogP contribution in [0.5, 0.6) is 5.75 Å². The van der Waals surface area contributed by atoms with Gasteiger partial charge in [-0.25, -0.2) is 0 Å². The maximum absolute atomic E-state index is 10.2. The average Bonchev–Trinajstić information content (AvgIpc) is 2.10. The van der Waals surface area contributed by atoms with Gasteiger partial charge in [-0.2, -0.15) is 0 Å². The zero-order valence-corrected chi connectivity index (χ0v) is 10.3. The lowest BCUT2D eigenvalue weighted by molar-refractivity contribution is -0.305. The lowest BCUT2D eigenvalue weighted by Gasteiger charge is -2.06. The minimum absolute atomic E-state index is 0.0242. The number of rotatable bonds is 3. The molecule has 0 aliphatic rings. The van der Waals surface area contributed by atoms with Crippen LogP contribution < -0.4 is 5.11 Å². The summed E-state index contributed by atoms with van der Waals surface area (Å²) in [6, 6.07) is 3.37. The Kier molecular flexibility index (Phi) is 3.95. The number of phenols is 1. The molecule has 0 radical (unpaired) electrons. The molecule has 0 spiro atoms. The zero-order chi connectivity index (χ0) is 10.7. The first kappa shape index (κ1) is 11.5. The van der Waals surface area contributed by atoms with Crippen LogP contribution in [-0.2, 0) is 11.2 Å². The Morgan fingerprint density at radius 3 is 2.29 bits per heavy atom. The van der Waals surface area contributed by atoms with Crippen molar-refractivity contribution in [1.82, 2.24) is 0 Å². The highest BCUT2D eigenvalue weighted by Gasteiger charge is 2.05. The highest BCUT2D eigenvalue weighted by molar-refractivity contribution is 9.11. The van der Waals surface area contributed by atoms with E-state index in [-0.39, 0.29) is 12.2 Å². The van der Waals surface area contributed by atoms with Crippen molar-refractivity contribution in [3.05, 3.63) is 26.6 Å². The quantitative estimate of drug-likeness (QED) is 0.919. The summed E-state index contributed by atoms with van der Waals surface area (Å²) in [5.74, 6) is -0.965. The number of aryl methyl sites for hydroxylation is 1. The number of aliphatic carboxylic acids is 1. The van der Waals surface area contributed by atoms with Crippen LogP contribution in [0.3, 0.4) is 0 Å². The van der Waals surface area contributed by atoms with Crippen LogP contribution in [0.15, 0.2) is 21.1 Å². The molecule has 0 bridgehead atoms. The molecule has 76 valence electrons. The van der Waals surface area contributed by atoms with Crippen LogP contribution in [-0.4, -0.2) is 11.1 Å². The summed E-state index contributed by atoms with van der Waals surface area (Å²) in [5.41, 5.74) is 0.825. The van der Waals surface area contributed by atoms with Gasteiger partial charge in [0.25, 0.3) is 0 Å². The molecular formula is C9H7Br2O3-. The first-order valence-electron chi connectivity index (χ1n) is 3.87. The first-order valence-corrected chi connectivity index (χ1v) is 5.46. The molecule has 0 unspecified atom stereocenters. The number of halogens is 2. The Labute approximate surface area is 98.0 Å². The van der Waals surface area contributed by atoms with E-state index >= 15 is 0 Å². The molecule has 0 heterocycles. The Morgan fingerprint density at radius 1 is 1.36 bits per heavy atom. The van der Waals surface area contributed by atoms with E-state index in [0.29, 0.717) is 15.4 Å². The molecule has 0 aromatic heterocycles. The number of carbonyl (C=O) groups excluding carboxylic acids is 1. The van der Waals surface area contributed by atoms with E-state index in [9.17, 15) is 15.0 Å². The van der Waals surface area contributed by atoms with Crippen molar-refractivity contribution in [3.63, 3.8) is 0 Å². The van der Waals surface area contributed by atoms with Gasteiger partial charge < -0.3 is 15.0 Å². The van der Waals surface area contributed by atoms with Crippen molar-refractivity contribution in [3.8, 4) is 5.75 Å². The van der Waals surface area contributed by atoms with Gasteiger partial charge >= 0.3 is 0 Å². The van der Waals surface area contributed by atoms with E-state index in [1.54, 1.807) is 12.1 Å². The van der Waals surface area contributed by atoms with E-state index in [2.05, 4.69) is 31.9 Å². The van der Waals surface area contributed by atoms with Gasteiger partial charge in [-0.05, 0) is 62.4 Å². The average molecular weight is 323 g/mol. The summed E-state index contributed by atoms with van der Waals surface area (Å²) in [6.07, 6.45) is 0.365. The molecule has 3 nitrogen and oxygen atoms in total. The van der Waals surface area contributed by atoms with Gasteiger partial charge in [0.15, 0.2) is 0 Å². The van der Waals surface area contributed by atoms with Gasteiger partial charge in [-0.1, -0.05) is 0 Å². The number of phenolic OH excluding ortho intramolecular Hbond substituents is 1. The molecule has 0 fully saturated rings. The normalized spacial score (nSPS) is 10.1. The van der Waals surface area contributed by atoms with E-state index in [1.807, 2.05) is 0 Å². The Hall–Kier alpha value is -0.550.